The van der Waals surface area contributed by atoms with E-state index in [1.807, 2.05) is 30.3 Å². The molecular weight excluding hydrogens is 350 g/mol. The lowest BCUT2D eigenvalue weighted by atomic mass is 9.98. The number of rotatable bonds is 5. The number of carboxylic acids is 1. The van der Waals surface area contributed by atoms with E-state index in [2.05, 4.69) is 4.98 Å². The zero-order chi connectivity index (χ0) is 19.4. The molecule has 1 unspecified atom stereocenters. The minimum atomic E-state index is -0.895. The number of nitrogens with zero attached hydrogens (tertiary/aromatic N) is 3. The van der Waals surface area contributed by atoms with Crippen molar-refractivity contribution in [3.8, 4) is 11.5 Å². The Bertz CT molecular complexity index is 833. The smallest absolute Gasteiger partial charge is 0.308 e. The number of carbonyl (C=O) groups excluding carboxylic acids is 2. The first kappa shape index (κ1) is 18.6. The van der Waals surface area contributed by atoms with Gasteiger partial charge in [-0.1, -0.05) is 18.2 Å². The fraction of sp³-hybridized carbons (Fsp3) is 0.368. The lowest BCUT2D eigenvalue weighted by molar-refractivity contribution is -0.145. The van der Waals surface area contributed by atoms with Gasteiger partial charge in [0.25, 0.3) is 5.91 Å². The molecule has 0 radical (unpaired) electrons. The van der Waals surface area contributed by atoms with Gasteiger partial charge in [0, 0.05) is 25.7 Å². The number of likely N-dealkylation sites (tertiary alicyclic amines) is 1. The number of aliphatic carboxylic acids is 1. The molecule has 27 heavy (non-hydrogen) atoms. The van der Waals surface area contributed by atoms with Gasteiger partial charge in [0.15, 0.2) is 5.69 Å². The maximum absolute atomic E-state index is 12.5. The number of carboxylic acid groups (broad SMARTS) is 1. The summed E-state index contributed by atoms with van der Waals surface area (Å²) in [4.78, 5) is 43.1. The molecule has 1 saturated heterocycles. The molecule has 1 aromatic carbocycles. The molecule has 0 saturated carbocycles. The first-order valence-electron chi connectivity index (χ1n) is 8.72. The molecule has 2 heterocycles. The molecular formula is C19H21N3O5. The summed E-state index contributed by atoms with van der Waals surface area (Å²) in [5.41, 5.74) is 0.870. The van der Waals surface area contributed by atoms with Gasteiger partial charge in [-0.25, -0.2) is 4.98 Å². The molecule has 2 amide bonds. The van der Waals surface area contributed by atoms with Crippen LogP contribution in [-0.2, 0) is 9.59 Å². The first-order valence-corrected chi connectivity index (χ1v) is 8.72. The summed E-state index contributed by atoms with van der Waals surface area (Å²) in [6.45, 7) is 0.545. The minimum Gasteiger partial charge on any atom is -0.481 e. The van der Waals surface area contributed by atoms with Crippen LogP contribution in [0, 0.1) is 5.92 Å². The fourth-order valence-electron chi connectivity index (χ4n) is 3.06. The molecule has 1 aliphatic heterocycles. The van der Waals surface area contributed by atoms with Crippen LogP contribution in [0.15, 0.2) is 41.0 Å². The molecule has 0 bridgehead atoms. The highest BCUT2D eigenvalue weighted by molar-refractivity contribution is 5.95. The SMILES string of the molecule is CN(CC(=O)N1CCCC(C(=O)O)C1)C(=O)c1coc(-c2ccccc2)n1. The number of benzene rings is 1. The van der Waals surface area contributed by atoms with Crippen molar-refractivity contribution in [1.82, 2.24) is 14.8 Å². The monoisotopic (exact) mass is 371 g/mol. The van der Waals surface area contributed by atoms with Crippen LogP contribution in [0.5, 0.6) is 0 Å². The summed E-state index contributed by atoms with van der Waals surface area (Å²) in [5.74, 6) is -1.82. The van der Waals surface area contributed by atoms with Crippen LogP contribution in [0.2, 0.25) is 0 Å². The second kappa shape index (κ2) is 8.03. The third kappa shape index (κ3) is 4.33. The second-order valence-electron chi connectivity index (χ2n) is 6.58. The Morgan fingerprint density at radius 2 is 2.04 bits per heavy atom. The van der Waals surface area contributed by atoms with Crippen molar-refractivity contribution in [2.45, 2.75) is 12.8 Å². The first-order chi connectivity index (χ1) is 13.0. The van der Waals surface area contributed by atoms with E-state index in [-0.39, 0.29) is 24.7 Å². The summed E-state index contributed by atoms with van der Waals surface area (Å²) < 4.78 is 5.36. The molecule has 1 aromatic heterocycles. The van der Waals surface area contributed by atoms with Crippen molar-refractivity contribution in [3.05, 3.63) is 42.3 Å². The van der Waals surface area contributed by atoms with Crippen LogP contribution in [0.3, 0.4) is 0 Å². The second-order valence-corrected chi connectivity index (χ2v) is 6.58. The minimum absolute atomic E-state index is 0.117. The molecule has 3 rings (SSSR count). The van der Waals surface area contributed by atoms with E-state index in [0.717, 1.165) is 5.56 Å². The Hall–Kier alpha value is -3.16. The zero-order valence-corrected chi connectivity index (χ0v) is 15.0. The summed E-state index contributed by atoms with van der Waals surface area (Å²) in [7, 11) is 1.51. The van der Waals surface area contributed by atoms with Crippen molar-refractivity contribution in [3.63, 3.8) is 0 Å². The summed E-state index contributed by atoms with van der Waals surface area (Å²) in [5, 5.41) is 9.13. The Morgan fingerprint density at radius 3 is 2.74 bits per heavy atom. The molecule has 2 aromatic rings. The molecule has 1 atom stereocenters. The summed E-state index contributed by atoms with van der Waals surface area (Å²) in [6.07, 6.45) is 2.48. The number of oxazole rings is 1. The van der Waals surface area contributed by atoms with Crippen LogP contribution in [0.4, 0.5) is 0 Å². The lowest BCUT2D eigenvalue weighted by Gasteiger charge is -2.31. The Morgan fingerprint density at radius 1 is 1.30 bits per heavy atom. The van der Waals surface area contributed by atoms with Gasteiger partial charge in [-0.15, -0.1) is 0 Å². The number of hydrogen-bond donors (Lipinski definition) is 1. The molecule has 1 fully saturated rings. The predicted octanol–water partition coefficient (Wildman–Crippen LogP) is 1.74. The van der Waals surface area contributed by atoms with Gasteiger partial charge in [0.1, 0.15) is 6.26 Å². The van der Waals surface area contributed by atoms with Gasteiger partial charge in [0.2, 0.25) is 11.8 Å². The van der Waals surface area contributed by atoms with E-state index in [1.54, 1.807) is 0 Å². The Kier molecular flexibility index (Phi) is 5.54. The van der Waals surface area contributed by atoms with Gasteiger partial charge in [-0.3, -0.25) is 14.4 Å². The van der Waals surface area contributed by atoms with Gasteiger partial charge < -0.3 is 19.3 Å². The van der Waals surface area contributed by atoms with Crippen LogP contribution < -0.4 is 0 Å². The molecule has 8 nitrogen and oxygen atoms in total. The molecule has 8 heteroatoms. The molecule has 0 spiro atoms. The molecule has 142 valence electrons. The quantitative estimate of drug-likeness (QED) is 0.858. The van der Waals surface area contributed by atoms with E-state index in [1.165, 1.54) is 23.1 Å². The van der Waals surface area contributed by atoms with Gasteiger partial charge >= 0.3 is 5.97 Å². The third-order valence-corrected chi connectivity index (χ3v) is 4.59. The van der Waals surface area contributed by atoms with Crippen LogP contribution in [0.25, 0.3) is 11.5 Å². The number of hydrogen-bond acceptors (Lipinski definition) is 5. The molecule has 1 aliphatic rings. The van der Waals surface area contributed by atoms with Crippen molar-refractivity contribution in [2.24, 2.45) is 5.92 Å². The highest BCUT2D eigenvalue weighted by Gasteiger charge is 2.29. The number of carbonyl (C=O) groups is 3. The predicted molar refractivity (Wildman–Crippen MR) is 95.8 cm³/mol. The zero-order valence-electron chi connectivity index (χ0n) is 15.0. The van der Waals surface area contributed by atoms with Crippen LogP contribution in [-0.4, -0.2) is 64.4 Å². The maximum atomic E-state index is 12.5. The summed E-state index contributed by atoms with van der Waals surface area (Å²) in [6, 6.07) is 9.20. The van der Waals surface area contributed by atoms with E-state index < -0.39 is 17.8 Å². The summed E-state index contributed by atoms with van der Waals surface area (Å²) >= 11 is 0. The van der Waals surface area contributed by atoms with Gasteiger partial charge in [0.05, 0.1) is 12.5 Å². The Balaban J connectivity index is 1.61. The largest absolute Gasteiger partial charge is 0.481 e. The van der Waals surface area contributed by atoms with E-state index in [9.17, 15) is 14.4 Å². The van der Waals surface area contributed by atoms with E-state index in [4.69, 9.17) is 9.52 Å². The van der Waals surface area contributed by atoms with Crippen molar-refractivity contribution >= 4 is 17.8 Å². The number of aromatic nitrogens is 1. The average molecular weight is 371 g/mol. The number of amides is 2. The average Bonchev–Trinajstić information content (AvgIpc) is 3.18. The van der Waals surface area contributed by atoms with Crippen molar-refractivity contribution in [1.29, 1.82) is 0 Å². The Labute approximate surface area is 156 Å². The fourth-order valence-corrected chi connectivity index (χ4v) is 3.06. The van der Waals surface area contributed by atoms with E-state index in [0.29, 0.717) is 25.3 Å². The van der Waals surface area contributed by atoms with E-state index >= 15 is 0 Å². The number of piperidine rings is 1. The topological polar surface area (TPSA) is 104 Å². The normalized spacial score (nSPS) is 16.8. The van der Waals surface area contributed by atoms with Crippen molar-refractivity contribution in [2.75, 3.05) is 26.7 Å². The van der Waals surface area contributed by atoms with Crippen LogP contribution in [0.1, 0.15) is 23.3 Å². The highest BCUT2D eigenvalue weighted by atomic mass is 16.4. The maximum Gasteiger partial charge on any atom is 0.308 e. The molecule has 0 aliphatic carbocycles. The standard InChI is InChI=1S/C19H21N3O5/c1-21(11-16(23)22-9-5-8-14(10-22)19(25)26)18(24)15-12-27-17(20-15)13-6-3-2-4-7-13/h2-4,6-7,12,14H,5,8-11H2,1H3,(H,25,26). The third-order valence-electron chi connectivity index (χ3n) is 4.59. The van der Waals surface area contributed by atoms with Crippen LogP contribution >= 0.6 is 0 Å². The number of likely N-dealkylation sites (N-methyl/N-ethyl adjacent to an activating group) is 1. The highest BCUT2D eigenvalue weighted by Crippen LogP contribution is 2.19. The lowest BCUT2D eigenvalue weighted by Crippen LogP contribution is -2.46. The van der Waals surface area contributed by atoms with Gasteiger partial charge in [-0.05, 0) is 25.0 Å². The van der Waals surface area contributed by atoms with Crippen molar-refractivity contribution < 1.29 is 23.9 Å². The molecule has 1 N–H and O–H groups in total. The van der Waals surface area contributed by atoms with Gasteiger partial charge in [-0.2, -0.15) is 0 Å².